The molecular formula is C13H14ClNO3. The van der Waals surface area contributed by atoms with Gasteiger partial charge in [-0.05, 0) is 30.5 Å². The number of amides is 1. The van der Waals surface area contributed by atoms with E-state index in [0.717, 1.165) is 6.42 Å². The lowest BCUT2D eigenvalue weighted by molar-refractivity contribution is -0.148. The Hall–Kier alpha value is -1.55. The summed E-state index contributed by atoms with van der Waals surface area (Å²) < 4.78 is 4.92. The van der Waals surface area contributed by atoms with Gasteiger partial charge in [0.25, 0.3) is 5.91 Å². The molecule has 1 aliphatic rings. The maximum absolute atomic E-state index is 11.5. The van der Waals surface area contributed by atoms with Crippen LogP contribution < -0.4 is 5.32 Å². The quantitative estimate of drug-likeness (QED) is 0.853. The van der Waals surface area contributed by atoms with Crippen molar-refractivity contribution in [1.29, 1.82) is 0 Å². The zero-order valence-electron chi connectivity index (χ0n) is 9.98. The summed E-state index contributed by atoms with van der Waals surface area (Å²) in [5.41, 5.74) is 0.586. The van der Waals surface area contributed by atoms with Gasteiger partial charge in [0.15, 0.2) is 6.61 Å². The summed E-state index contributed by atoms with van der Waals surface area (Å²) in [6, 6.07) is 6.79. The summed E-state index contributed by atoms with van der Waals surface area (Å²) in [5.74, 6) is -0.292. The van der Waals surface area contributed by atoms with Crippen LogP contribution in [0.2, 0.25) is 5.02 Å². The molecule has 96 valence electrons. The van der Waals surface area contributed by atoms with Crippen molar-refractivity contribution >= 4 is 29.2 Å². The highest BCUT2D eigenvalue weighted by molar-refractivity contribution is 6.30. The molecule has 1 aromatic rings. The lowest BCUT2D eigenvalue weighted by Gasteiger charge is -2.06. The normalized spacial score (nSPS) is 21.2. The van der Waals surface area contributed by atoms with E-state index in [2.05, 4.69) is 5.32 Å². The van der Waals surface area contributed by atoms with Crippen molar-refractivity contribution in [3.05, 3.63) is 29.3 Å². The third-order valence-corrected chi connectivity index (χ3v) is 3.10. The average Bonchev–Trinajstić information content (AvgIpc) is 3.03. The Morgan fingerprint density at radius 1 is 1.50 bits per heavy atom. The number of benzene rings is 1. The van der Waals surface area contributed by atoms with Crippen LogP contribution in [0.5, 0.6) is 0 Å². The first-order valence-electron chi connectivity index (χ1n) is 5.78. The van der Waals surface area contributed by atoms with E-state index in [4.69, 9.17) is 16.3 Å². The molecule has 2 rings (SSSR count). The third kappa shape index (κ3) is 3.47. The Morgan fingerprint density at radius 2 is 2.22 bits per heavy atom. The maximum Gasteiger partial charge on any atom is 0.309 e. The van der Waals surface area contributed by atoms with Gasteiger partial charge >= 0.3 is 5.97 Å². The van der Waals surface area contributed by atoms with Gasteiger partial charge in [-0.15, -0.1) is 0 Å². The van der Waals surface area contributed by atoms with Crippen LogP contribution in [-0.4, -0.2) is 18.5 Å². The van der Waals surface area contributed by atoms with E-state index in [1.165, 1.54) is 0 Å². The molecule has 2 atom stereocenters. The summed E-state index contributed by atoms with van der Waals surface area (Å²) in [5, 5.41) is 3.15. The molecule has 18 heavy (non-hydrogen) atoms. The molecule has 0 saturated heterocycles. The summed E-state index contributed by atoms with van der Waals surface area (Å²) in [6.07, 6.45) is 0.856. The molecule has 0 aromatic heterocycles. The number of halogens is 1. The first-order chi connectivity index (χ1) is 8.56. The number of anilines is 1. The molecule has 0 bridgehead atoms. The minimum absolute atomic E-state index is 0.0241. The molecule has 1 aromatic carbocycles. The van der Waals surface area contributed by atoms with E-state index in [-0.39, 0.29) is 24.4 Å². The van der Waals surface area contributed by atoms with Gasteiger partial charge in [0.05, 0.1) is 5.92 Å². The highest BCUT2D eigenvalue weighted by atomic mass is 35.5. The fraction of sp³-hybridized carbons (Fsp3) is 0.385. The van der Waals surface area contributed by atoms with E-state index in [1.807, 2.05) is 6.92 Å². The first-order valence-corrected chi connectivity index (χ1v) is 6.16. The van der Waals surface area contributed by atoms with Crippen LogP contribution in [0.1, 0.15) is 13.3 Å². The topological polar surface area (TPSA) is 55.4 Å². The van der Waals surface area contributed by atoms with E-state index in [0.29, 0.717) is 16.6 Å². The largest absolute Gasteiger partial charge is 0.455 e. The summed E-state index contributed by atoms with van der Waals surface area (Å²) in [7, 11) is 0. The highest BCUT2D eigenvalue weighted by Gasteiger charge is 2.40. The number of carbonyl (C=O) groups is 2. The average molecular weight is 268 g/mol. The monoisotopic (exact) mass is 267 g/mol. The van der Waals surface area contributed by atoms with E-state index >= 15 is 0 Å². The molecule has 0 radical (unpaired) electrons. The zero-order chi connectivity index (χ0) is 13.1. The van der Waals surface area contributed by atoms with Crippen molar-refractivity contribution in [3.63, 3.8) is 0 Å². The molecule has 0 heterocycles. The van der Waals surface area contributed by atoms with Crippen LogP contribution in [0.25, 0.3) is 0 Å². The number of hydrogen-bond acceptors (Lipinski definition) is 3. The molecule has 1 aliphatic carbocycles. The molecule has 1 N–H and O–H groups in total. The molecule has 0 aliphatic heterocycles. The van der Waals surface area contributed by atoms with Gasteiger partial charge in [0.2, 0.25) is 0 Å². The Balaban J connectivity index is 1.77. The van der Waals surface area contributed by atoms with Crippen LogP contribution in [0.4, 0.5) is 5.69 Å². The zero-order valence-corrected chi connectivity index (χ0v) is 10.7. The smallest absolute Gasteiger partial charge is 0.309 e. The van der Waals surface area contributed by atoms with Crippen LogP contribution >= 0.6 is 11.6 Å². The van der Waals surface area contributed by atoms with E-state index in [9.17, 15) is 9.59 Å². The van der Waals surface area contributed by atoms with Gasteiger partial charge in [0.1, 0.15) is 0 Å². The highest BCUT2D eigenvalue weighted by Crippen LogP contribution is 2.38. The number of ether oxygens (including phenoxy) is 1. The number of nitrogens with one attached hydrogen (secondary N) is 1. The van der Waals surface area contributed by atoms with Crippen LogP contribution in [0.15, 0.2) is 24.3 Å². The number of rotatable bonds is 4. The second-order valence-corrected chi connectivity index (χ2v) is 4.92. The summed E-state index contributed by atoms with van der Waals surface area (Å²) >= 11 is 5.79. The van der Waals surface area contributed by atoms with Crippen molar-refractivity contribution in [1.82, 2.24) is 0 Å². The molecule has 4 nitrogen and oxygen atoms in total. The maximum atomic E-state index is 11.5. The molecule has 1 fully saturated rings. The van der Waals surface area contributed by atoms with Crippen molar-refractivity contribution < 1.29 is 14.3 Å². The van der Waals surface area contributed by atoms with Crippen molar-refractivity contribution in [3.8, 4) is 0 Å². The fourth-order valence-corrected chi connectivity index (χ4v) is 1.85. The minimum atomic E-state index is -0.362. The standard InChI is InChI=1S/C13H14ClNO3/c1-8-5-11(8)13(17)18-7-12(16)15-10-4-2-3-9(14)6-10/h2-4,6,8,11H,5,7H2,1H3,(H,15,16)/t8-,11+/m1/s1. The predicted octanol–water partition coefficient (Wildman–Crippen LogP) is 2.48. The minimum Gasteiger partial charge on any atom is -0.455 e. The van der Waals surface area contributed by atoms with E-state index < -0.39 is 0 Å². The summed E-state index contributed by atoms with van der Waals surface area (Å²) in [4.78, 5) is 22.9. The van der Waals surface area contributed by atoms with Crippen LogP contribution in [0.3, 0.4) is 0 Å². The molecule has 0 unspecified atom stereocenters. The Kier molecular flexibility index (Phi) is 3.87. The van der Waals surface area contributed by atoms with Crippen molar-refractivity contribution in [2.45, 2.75) is 13.3 Å². The molecular weight excluding hydrogens is 254 g/mol. The van der Waals surface area contributed by atoms with Gasteiger partial charge in [0, 0.05) is 10.7 Å². The summed E-state index contributed by atoms with van der Waals surface area (Å²) in [6.45, 7) is 1.73. The fourth-order valence-electron chi connectivity index (χ4n) is 1.66. The van der Waals surface area contributed by atoms with Crippen LogP contribution in [-0.2, 0) is 14.3 Å². The number of esters is 1. The Bertz CT molecular complexity index is 475. The second kappa shape index (κ2) is 5.40. The lowest BCUT2D eigenvalue weighted by atomic mass is 10.3. The van der Waals surface area contributed by atoms with Gasteiger partial charge in [-0.25, -0.2) is 0 Å². The Labute approximate surface area is 110 Å². The van der Waals surface area contributed by atoms with Gasteiger partial charge in [-0.2, -0.15) is 0 Å². The third-order valence-electron chi connectivity index (χ3n) is 2.87. The number of carbonyl (C=O) groups excluding carboxylic acids is 2. The van der Waals surface area contributed by atoms with Gasteiger partial charge < -0.3 is 10.1 Å². The van der Waals surface area contributed by atoms with Crippen LogP contribution in [0, 0.1) is 11.8 Å². The van der Waals surface area contributed by atoms with Crippen molar-refractivity contribution in [2.24, 2.45) is 11.8 Å². The van der Waals surface area contributed by atoms with Gasteiger partial charge in [-0.1, -0.05) is 24.6 Å². The SMILES string of the molecule is C[C@@H]1C[C@@H]1C(=O)OCC(=O)Nc1cccc(Cl)c1. The predicted molar refractivity (Wildman–Crippen MR) is 68.3 cm³/mol. The molecule has 5 heteroatoms. The molecule has 1 amide bonds. The molecule has 0 spiro atoms. The number of hydrogen-bond donors (Lipinski definition) is 1. The first kappa shape index (κ1) is 12.9. The van der Waals surface area contributed by atoms with Gasteiger partial charge in [-0.3, -0.25) is 9.59 Å². The molecule has 1 saturated carbocycles. The second-order valence-electron chi connectivity index (χ2n) is 4.49. The lowest BCUT2D eigenvalue weighted by Crippen LogP contribution is -2.21. The Morgan fingerprint density at radius 3 is 2.83 bits per heavy atom. The van der Waals surface area contributed by atoms with Crippen molar-refractivity contribution in [2.75, 3.05) is 11.9 Å². The van der Waals surface area contributed by atoms with E-state index in [1.54, 1.807) is 24.3 Å².